The van der Waals surface area contributed by atoms with Crippen LogP contribution in [0.3, 0.4) is 0 Å². The van der Waals surface area contributed by atoms with E-state index >= 15 is 0 Å². The van der Waals surface area contributed by atoms with Gasteiger partial charge in [0, 0.05) is 27.4 Å². The van der Waals surface area contributed by atoms with Gasteiger partial charge in [-0.15, -0.1) is 0 Å². The van der Waals surface area contributed by atoms with Crippen molar-refractivity contribution in [3.8, 4) is 0 Å². The predicted octanol–water partition coefficient (Wildman–Crippen LogP) is -7.43. The van der Waals surface area contributed by atoms with E-state index in [1.54, 1.807) is 0 Å². The lowest BCUT2D eigenvalue weighted by molar-refractivity contribution is -0.380. The van der Waals surface area contributed by atoms with Gasteiger partial charge in [-0.3, -0.25) is 9.59 Å². The number of amides is 2. The highest BCUT2D eigenvalue weighted by atomic mass is 16.8. The van der Waals surface area contributed by atoms with Crippen LogP contribution in [0.15, 0.2) is 0 Å². The van der Waals surface area contributed by atoms with Crippen molar-refractivity contribution in [3.63, 3.8) is 0 Å². The number of methoxy groups -OCH3 is 1. The number of rotatable bonds is 13. The van der Waals surface area contributed by atoms with Gasteiger partial charge in [0.2, 0.25) is 11.8 Å². The summed E-state index contributed by atoms with van der Waals surface area (Å²) in [5, 5.41) is 110. The summed E-state index contributed by atoms with van der Waals surface area (Å²) in [6.45, 7) is -0.139. The molecular weight excluding hydrogens is 644 g/mol. The summed E-state index contributed by atoms with van der Waals surface area (Å²) in [5.74, 6) is -6.42. The molecule has 1 unspecified atom stereocenters. The van der Waals surface area contributed by atoms with Crippen LogP contribution in [0.1, 0.15) is 20.3 Å². The van der Waals surface area contributed by atoms with Crippen LogP contribution in [0.2, 0.25) is 0 Å². The highest BCUT2D eigenvalue weighted by Gasteiger charge is 2.60. The van der Waals surface area contributed by atoms with Gasteiger partial charge in [-0.05, 0) is 0 Å². The van der Waals surface area contributed by atoms with Crippen molar-refractivity contribution in [3.05, 3.63) is 0 Å². The second-order valence-electron chi connectivity index (χ2n) is 11.5. The zero-order chi connectivity index (χ0) is 35.4. The molecule has 21 heteroatoms. The maximum Gasteiger partial charge on any atom is 0.364 e. The number of hydrogen-bond acceptors (Lipinski definition) is 18. The van der Waals surface area contributed by atoms with Crippen molar-refractivity contribution in [2.24, 2.45) is 0 Å². The van der Waals surface area contributed by atoms with Crippen molar-refractivity contribution < 1.29 is 93.9 Å². The van der Waals surface area contributed by atoms with Crippen LogP contribution in [0.4, 0.5) is 0 Å². The number of carboxylic acid groups (broad SMARTS) is 1. The average molecular weight is 689 g/mol. The summed E-state index contributed by atoms with van der Waals surface area (Å²) in [6.07, 6.45) is -25.1. The molecule has 0 aromatic carbocycles. The molecule has 3 rings (SSSR count). The number of aliphatic hydroxyl groups is 9. The summed E-state index contributed by atoms with van der Waals surface area (Å²) in [7, 11) is 1.27. The molecule has 47 heavy (non-hydrogen) atoms. The van der Waals surface area contributed by atoms with Gasteiger partial charge in [0.25, 0.3) is 5.79 Å². The molecule has 0 aliphatic carbocycles. The van der Waals surface area contributed by atoms with Gasteiger partial charge in [-0.25, -0.2) is 4.79 Å². The Morgan fingerprint density at radius 2 is 1.49 bits per heavy atom. The van der Waals surface area contributed by atoms with Crippen molar-refractivity contribution >= 4 is 17.8 Å². The SMILES string of the molecule is COC[C@H]1OC(O)[C@H](NC(C)=O)[C@@H](O[C@@H]2O[C@H](CO)[C@H](O)[C@H](O[C@]3(C(=O)O)C[C@H](O)[C@@H](NC(C)=O)[C@H]([C@H](O)[C@H](O)CO)O3)[C@H]2O)[C@H]1O. The van der Waals surface area contributed by atoms with E-state index in [1.807, 2.05) is 0 Å². The quantitative estimate of drug-likeness (QED) is 0.0854. The van der Waals surface area contributed by atoms with E-state index < -0.39 is 135 Å². The first-order chi connectivity index (χ1) is 22.0. The first-order valence-electron chi connectivity index (χ1n) is 14.6. The van der Waals surface area contributed by atoms with Gasteiger partial charge in [0.05, 0.1) is 32.0 Å². The minimum Gasteiger partial charge on any atom is -0.477 e. The Morgan fingerprint density at radius 3 is 2.02 bits per heavy atom. The Hall–Kier alpha value is -2.19. The zero-order valence-corrected chi connectivity index (χ0v) is 25.6. The maximum absolute atomic E-state index is 12.7. The fourth-order valence-electron chi connectivity index (χ4n) is 5.71. The molecule has 3 fully saturated rings. The fourth-order valence-corrected chi connectivity index (χ4v) is 5.71. The third kappa shape index (κ3) is 8.70. The van der Waals surface area contributed by atoms with Gasteiger partial charge in [-0.1, -0.05) is 0 Å². The van der Waals surface area contributed by atoms with E-state index in [9.17, 15) is 65.4 Å². The second-order valence-corrected chi connectivity index (χ2v) is 11.5. The lowest BCUT2D eigenvalue weighted by atomic mass is 9.88. The van der Waals surface area contributed by atoms with Crippen molar-refractivity contribution in [1.82, 2.24) is 10.6 Å². The fraction of sp³-hybridized carbons (Fsp3) is 0.885. The summed E-state index contributed by atoms with van der Waals surface area (Å²) >= 11 is 0. The number of hydrogen-bond donors (Lipinski definition) is 12. The Bertz CT molecular complexity index is 1070. The molecule has 3 saturated heterocycles. The third-order valence-corrected chi connectivity index (χ3v) is 8.02. The van der Waals surface area contributed by atoms with E-state index in [0.29, 0.717) is 0 Å². The topological polar surface area (TPSA) is 333 Å². The molecule has 12 N–H and O–H groups in total. The average Bonchev–Trinajstić information content (AvgIpc) is 3.00. The molecule has 3 heterocycles. The Labute approximate surface area is 267 Å². The van der Waals surface area contributed by atoms with Crippen molar-refractivity contribution in [2.45, 2.75) is 118 Å². The lowest BCUT2D eigenvalue weighted by Gasteiger charge is -2.50. The number of nitrogens with one attached hydrogen (secondary N) is 2. The number of aliphatic carboxylic acids is 1. The Kier molecular flexibility index (Phi) is 13.8. The van der Waals surface area contributed by atoms with Crippen LogP contribution in [0, 0.1) is 0 Å². The minimum atomic E-state index is -3.03. The molecule has 3 aliphatic rings. The summed E-state index contributed by atoms with van der Waals surface area (Å²) in [5.41, 5.74) is 0. The van der Waals surface area contributed by atoms with Gasteiger partial charge in [0.1, 0.15) is 67.1 Å². The Balaban J connectivity index is 1.98. The highest BCUT2D eigenvalue weighted by Crippen LogP contribution is 2.38. The predicted molar refractivity (Wildman–Crippen MR) is 146 cm³/mol. The molecule has 3 aliphatic heterocycles. The van der Waals surface area contributed by atoms with Crippen LogP contribution in [-0.4, -0.2) is 193 Å². The molecule has 0 spiro atoms. The third-order valence-electron chi connectivity index (χ3n) is 8.02. The molecule has 0 aromatic heterocycles. The maximum atomic E-state index is 12.7. The monoisotopic (exact) mass is 688 g/mol. The first-order valence-corrected chi connectivity index (χ1v) is 14.6. The van der Waals surface area contributed by atoms with Gasteiger partial charge in [-0.2, -0.15) is 0 Å². The van der Waals surface area contributed by atoms with E-state index in [2.05, 4.69) is 10.6 Å². The molecule has 0 bridgehead atoms. The molecule has 0 saturated carbocycles. The molecular formula is C26H44N2O19. The first kappa shape index (κ1) is 39.3. The van der Waals surface area contributed by atoms with E-state index in [-0.39, 0.29) is 6.61 Å². The molecule has 2 amide bonds. The number of ether oxygens (including phenoxy) is 6. The lowest BCUT2D eigenvalue weighted by Crippen LogP contribution is -2.71. The Morgan fingerprint density at radius 1 is 0.894 bits per heavy atom. The zero-order valence-electron chi connectivity index (χ0n) is 25.6. The van der Waals surface area contributed by atoms with Crippen LogP contribution >= 0.6 is 0 Å². The van der Waals surface area contributed by atoms with Crippen LogP contribution in [0.5, 0.6) is 0 Å². The summed E-state index contributed by atoms with van der Waals surface area (Å²) in [4.78, 5) is 36.3. The van der Waals surface area contributed by atoms with Crippen molar-refractivity contribution in [2.75, 3.05) is 26.9 Å². The molecule has 0 radical (unpaired) electrons. The van der Waals surface area contributed by atoms with E-state index in [4.69, 9.17) is 28.4 Å². The number of carboxylic acids is 1. The number of aliphatic hydroxyl groups excluding tert-OH is 9. The molecule has 272 valence electrons. The number of carbonyl (C=O) groups excluding carboxylic acids is 2. The normalized spacial score (nSPS) is 42.3. The summed E-state index contributed by atoms with van der Waals surface area (Å²) in [6, 6.07) is -3.02. The largest absolute Gasteiger partial charge is 0.477 e. The van der Waals surface area contributed by atoms with Gasteiger partial charge in [0.15, 0.2) is 12.6 Å². The number of carbonyl (C=O) groups is 3. The van der Waals surface area contributed by atoms with Crippen molar-refractivity contribution in [1.29, 1.82) is 0 Å². The van der Waals surface area contributed by atoms with Crippen LogP contribution in [0.25, 0.3) is 0 Å². The highest BCUT2D eigenvalue weighted by molar-refractivity contribution is 5.76. The van der Waals surface area contributed by atoms with Crippen LogP contribution < -0.4 is 10.6 Å². The van der Waals surface area contributed by atoms with Gasteiger partial charge < -0.3 is 90.1 Å². The molecule has 16 atom stereocenters. The molecule has 0 aromatic rings. The summed E-state index contributed by atoms with van der Waals surface area (Å²) < 4.78 is 32.7. The smallest absolute Gasteiger partial charge is 0.364 e. The van der Waals surface area contributed by atoms with E-state index in [1.165, 1.54) is 7.11 Å². The second kappa shape index (κ2) is 16.5. The van der Waals surface area contributed by atoms with Gasteiger partial charge >= 0.3 is 5.97 Å². The minimum absolute atomic E-state index is 0.263. The van der Waals surface area contributed by atoms with E-state index in [0.717, 1.165) is 13.8 Å². The standard InChI is InChI=1S/C26H44N2O19/c1-8(31)27-14-10(33)4-26(25(40)41,46-21(14)16(35)11(34)5-29)47-22-17(36)12(6-30)44-24(19(22)38)45-20-15(28-9(2)32)23(39)43-13(7-42-3)18(20)37/h10-24,29-30,33-39H,4-7H2,1-3H3,(H,27,31)(H,28,32)(H,40,41)/t10-,11+,12+,13+,14+,15+,16+,17-,18-,19+,20+,21+,22-,23?,24-,26-/m0/s1. The van der Waals surface area contributed by atoms with Crippen LogP contribution in [-0.2, 0) is 42.8 Å². The molecule has 21 nitrogen and oxygen atoms in total.